The minimum atomic E-state index is -0.417. The van der Waals surface area contributed by atoms with Crippen LogP contribution in [0.3, 0.4) is 0 Å². The van der Waals surface area contributed by atoms with E-state index in [-0.39, 0.29) is 5.76 Å². The Morgan fingerprint density at radius 3 is 3.00 bits per heavy atom. The zero-order valence-electron chi connectivity index (χ0n) is 10.5. The first-order valence-electron chi connectivity index (χ1n) is 5.94. The number of hydrogen-bond acceptors (Lipinski definition) is 4. The normalized spacial score (nSPS) is 10.6. The fourth-order valence-corrected chi connectivity index (χ4v) is 1.75. The number of rotatable bonds is 5. The first kappa shape index (κ1) is 12.4. The second-order valence-electron chi connectivity index (χ2n) is 3.96. The zero-order valence-corrected chi connectivity index (χ0v) is 10.5. The average molecular weight is 248 g/mol. The lowest BCUT2D eigenvalue weighted by Gasteiger charge is -2.05. The Morgan fingerprint density at radius 2 is 2.33 bits per heavy atom. The zero-order chi connectivity index (χ0) is 13.0. The van der Waals surface area contributed by atoms with Crippen molar-refractivity contribution in [3.8, 4) is 0 Å². The van der Waals surface area contributed by atoms with Gasteiger partial charge in [0.1, 0.15) is 0 Å². The van der Waals surface area contributed by atoms with Gasteiger partial charge < -0.3 is 9.15 Å². The Labute approximate surface area is 105 Å². The van der Waals surface area contributed by atoms with E-state index < -0.39 is 5.97 Å². The predicted molar refractivity (Wildman–Crippen MR) is 65.3 cm³/mol. The Bertz CT molecular complexity index is 528. The summed E-state index contributed by atoms with van der Waals surface area (Å²) in [4.78, 5) is 11.7. The van der Waals surface area contributed by atoms with Crippen molar-refractivity contribution in [2.75, 3.05) is 6.61 Å². The molecule has 2 heterocycles. The number of esters is 1. The first-order valence-corrected chi connectivity index (χ1v) is 5.94. The minimum absolute atomic E-state index is 0.277. The van der Waals surface area contributed by atoms with E-state index in [0.717, 1.165) is 17.8 Å². The minimum Gasteiger partial charge on any atom is -0.459 e. The quantitative estimate of drug-likeness (QED) is 0.761. The van der Waals surface area contributed by atoms with Crippen LogP contribution in [0.1, 0.15) is 28.7 Å². The second kappa shape index (κ2) is 5.53. The lowest BCUT2D eigenvalue weighted by atomic mass is 10.3. The van der Waals surface area contributed by atoms with Crippen LogP contribution in [0.2, 0.25) is 0 Å². The van der Waals surface area contributed by atoms with Crippen molar-refractivity contribution < 1.29 is 13.9 Å². The van der Waals surface area contributed by atoms with Crippen LogP contribution < -0.4 is 0 Å². The SMILES string of the molecule is CCn1nccc1CCOC(=O)c1occc1C. The van der Waals surface area contributed by atoms with Crippen molar-refractivity contribution >= 4 is 5.97 Å². The largest absolute Gasteiger partial charge is 0.459 e. The van der Waals surface area contributed by atoms with E-state index in [9.17, 15) is 4.79 Å². The van der Waals surface area contributed by atoms with Gasteiger partial charge in [0.25, 0.3) is 0 Å². The lowest BCUT2D eigenvalue weighted by Crippen LogP contribution is -2.11. The summed E-state index contributed by atoms with van der Waals surface area (Å²) in [6.07, 6.45) is 3.88. The third-order valence-electron chi connectivity index (χ3n) is 2.74. The van der Waals surface area contributed by atoms with Crippen LogP contribution in [-0.2, 0) is 17.7 Å². The summed E-state index contributed by atoms with van der Waals surface area (Å²) < 4.78 is 12.1. The van der Waals surface area contributed by atoms with Gasteiger partial charge in [-0.25, -0.2) is 4.79 Å². The van der Waals surface area contributed by atoms with Crippen molar-refractivity contribution in [3.05, 3.63) is 41.6 Å². The standard InChI is InChI=1S/C13H16N2O3/c1-3-15-11(4-7-14-15)6-9-18-13(16)12-10(2)5-8-17-12/h4-5,7-8H,3,6,9H2,1-2H3. The molecule has 5 nitrogen and oxygen atoms in total. The molecule has 0 aliphatic heterocycles. The van der Waals surface area contributed by atoms with Gasteiger partial charge in [0, 0.05) is 30.4 Å². The summed E-state index contributed by atoms with van der Waals surface area (Å²) in [6, 6.07) is 3.66. The molecule has 0 saturated carbocycles. The van der Waals surface area contributed by atoms with Crippen molar-refractivity contribution in [1.82, 2.24) is 9.78 Å². The highest BCUT2D eigenvalue weighted by molar-refractivity contribution is 5.87. The van der Waals surface area contributed by atoms with E-state index in [4.69, 9.17) is 9.15 Å². The van der Waals surface area contributed by atoms with Crippen LogP contribution in [0.4, 0.5) is 0 Å². The molecule has 2 aromatic rings. The Balaban J connectivity index is 1.86. The van der Waals surface area contributed by atoms with Gasteiger partial charge in [-0.3, -0.25) is 4.68 Å². The highest BCUT2D eigenvalue weighted by Crippen LogP contribution is 2.10. The topological polar surface area (TPSA) is 57.3 Å². The van der Waals surface area contributed by atoms with E-state index in [1.54, 1.807) is 12.3 Å². The molecule has 0 aliphatic carbocycles. The smallest absolute Gasteiger partial charge is 0.374 e. The number of nitrogens with zero attached hydrogens (tertiary/aromatic N) is 2. The monoisotopic (exact) mass is 248 g/mol. The van der Waals surface area contributed by atoms with Gasteiger partial charge in [-0.1, -0.05) is 0 Å². The van der Waals surface area contributed by atoms with Crippen LogP contribution >= 0.6 is 0 Å². The molecule has 18 heavy (non-hydrogen) atoms. The van der Waals surface area contributed by atoms with Gasteiger partial charge in [-0.05, 0) is 26.0 Å². The second-order valence-corrected chi connectivity index (χ2v) is 3.96. The summed E-state index contributed by atoms with van der Waals surface area (Å²) in [5, 5.41) is 4.15. The van der Waals surface area contributed by atoms with Crippen LogP contribution in [0, 0.1) is 6.92 Å². The first-order chi connectivity index (χ1) is 8.72. The molecule has 0 saturated heterocycles. The fourth-order valence-electron chi connectivity index (χ4n) is 1.75. The van der Waals surface area contributed by atoms with Crippen molar-refractivity contribution in [3.63, 3.8) is 0 Å². The predicted octanol–water partition coefficient (Wildman–Crippen LogP) is 2.20. The number of carbonyl (C=O) groups is 1. The van der Waals surface area contributed by atoms with E-state index in [1.165, 1.54) is 6.26 Å². The van der Waals surface area contributed by atoms with Crippen molar-refractivity contribution in [1.29, 1.82) is 0 Å². The molecule has 0 atom stereocenters. The summed E-state index contributed by atoms with van der Waals surface area (Å²) >= 11 is 0. The van der Waals surface area contributed by atoms with Crippen LogP contribution in [0.25, 0.3) is 0 Å². The van der Waals surface area contributed by atoms with Crippen molar-refractivity contribution in [2.45, 2.75) is 26.8 Å². The number of aromatic nitrogens is 2. The van der Waals surface area contributed by atoms with Crippen LogP contribution in [0.5, 0.6) is 0 Å². The molecule has 0 N–H and O–H groups in total. The van der Waals surface area contributed by atoms with Gasteiger partial charge >= 0.3 is 5.97 Å². The van der Waals surface area contributed by atoms with E-state index in [2.05, 4.69) is 5.10 Å². The molecule has 0 aliphatic rings. The van der Waals surface area contributed by atoms with Crippen molar-refractivity contribution in [2.24, 2.45) is 0 Å². The maximum atomic E-state index is 11.7. The van der Waals surface area contributed by atoms with Gasteiger partial charge in [0.05, 0.1) is 12.9 Å². The average Bonchev–Trinajstić information content (AvgIpc) is 2.97. The molecule has 2 aromatic heterocycles. The maximum absolute atomic E-state index is 11.7. The van der Waals surface area contributed by atoms with E-state index in [1.807, 2.05) is 24.6 Å². The van der Waals surface area contributed by atoms with Crippen LogP contribution in [0.15, 0.2) is 29.0 Å². The highest BCUT2D eigenvalue weighted by Gasteiger charge is 2.14. The third kappa shape index (κ3) is 2.61. The molecule has 0 radical (unpaired) electrons. The van der Waals surface area contributed by atoms with E-state index >= 15 is 0 Å². The van der Waals surface area contributed by atoms with Crippen LogP contribution in [-0.4, -0.2) is 22.4 Å². The molecule has 5 heteroatoms. The molecular weight excluding hydrogens is 232 g/mol. The molecule has 0 fully saturated rings. The maximum Gasteiger partial charge on any atom is 0.374 e. The Kier molecular flexibility index (Phi) is 3.82. The Hall–Kier alpha value is -2.04. The molecular formula is C13H16N2O3. The van der Waals surface area contributed by atoms with Gasteiger partial charge in [0.2, 0.25) is 5.76 Å². The summed E-state index contributed by atoms with van der Waals surface area (Å²) in [5.41, 5.74) is 1.85. The number of aryl methyl sites for hydroxylation is 2. The molecule has 0 aromatic carbocycles. The van der Waals surface area contributed by atoms with Gasteiger partial charge in [0.15, 0.2) is 0 Å². The molecule has 0 unspecified atom stereocenters. The third-order valence-corrected chi connectivity index (χ3v) is 2.74. The van der Waals surface area contributed by atoms with E-state index in [0.29, 0.717) is 13.0 Å². The summed E-state index contributed by atoms with van der Waals surface area (Å²) in [7, 11) is 0. The molecule has 0 spiro atoms. The fraction of sp³-hybridized carbons (Fsp3) is 0.385. The Morgan fingerprint density at radius 1 is 1.50 bits per heavy atom. The van der Waals surface area contributed by atoms with Gasteiger partial charge in [-0.2, -0.15) is 5.10 Å². The number of hydrogen-bond donors (Lipinski definition) is 0. The lowest BCUT2D eigenvalue weighted by molar-refractivity contribution is 0.0470. The summed E-state index contributed by atoms with van der Waals surface area (Å²) in [5.74, 6) is -0.140. The number of ether oxygens (including phenoxy) is 1. The molecule has 96 valence electrons. The number of furan rings is 1. The number of carbonyl (C=O) groups excluding carboxylic acids is 1. The summed E-state index contributed by atoms with van der Waals surface area (Å²) in [6.45, 7) is 4.97. The molecule has 2 rings (SSSR count). The molecule has 0 bridgehead atoms. The highest BCUT2D eigenvalue weighted by atomic mass is 16.5. The van der Waals surface area contributed by atoms with Gasteiger partial charge in [-0.15, -0.1) is 0 Å². The molecule has 0 amide bonds.